The van der Waals surface area contributed by atoms with Crippen LogP contribution >= 0.6 is 0 Å². The van der Waals surface area contributed by atoms with Crippen LogP contribution in [0.4, 0.5) is 0 Å². The Morgan fingerprint density at radius 1 is 0.621 bits per heavy atom. The van der Waals surface area contributed by atoms with Crippen LogP contribution in [0.25, 0.3) is 0 Å². The van der Waals surface area contributed by atoms with E-state index in [1.165, 1.54) is 11.1 Å². The van der Waals surface area contributed by atoms with E-state index in [0.717, 1.165) is 44.7 Å². The van der Waals surface area contributed by atoms with E-state index in [4.69, 9.17) is 0 Å². The van der Waals surface area contributed by atoms with Crippen molar-refractivity contribution in [1.82, 2.24) is 0 Å². The summed E-state index contributed by atoms with van der Waals surface area (Å²) < 4.78 is 0. The Morgan fingerprint density at radius 2 is 1.07 bits per heavy atom. The highest BCUT2D eigenvalue weighted by Crippen LogP contribution is 2.19. The number of hydrogen-bond acceptors (Lipinski definition) is 1. The largest absolute Gasteiger partial charge is 0.388 e. The van der Waals surface area contributed by atoms with E-state index in [1.54, 1.807) is 9.80 Å². The molecule has 0 saturated carbocycles. The highest BCUT2D eigenvalue weighted by atomic mass is 16.3. The zero-order chi connectivity index (χ0) is 19.9. The van der Waals surface area contributed by atoms with Crippen LogP contribution in [0, 0.1) is 0 Å². The van der Waals surface area contributed by atoms with Crippen molar-refractivity contribution in [2.75, 3.05) is 32.7 Å². The van der Waals surface area contributed by atoms with E-state index in [1.807, 2.05) is 30.3 Å². The maximum atomic E-state index is 10.5. The molecular weight excluding hydrogens is 356 g/mol. The lowest BCUT2D eigenvalue weighted by molar-refractivity contribution is -1.02. The number of rotatable bonds is 7. The fourth-order valence-corrected chi connectivity index (χ4v) is 4.60. The second kappa shape index (κ2) is 9.84. The summed E-state index contributed by atoms with van der Waals surface area (Å²) in [5.41, 5.74) is 3.83. The number of aliphatic hydroxyl groups excluding tert-OH is 1. The SMILES string of the molecule is O[C@@H](CC[NH+]1CC[NH+](C(c2ccccc2)c2ccccc2)CC1)c1ccccc1. The van der Waals surface area contributed by atoms with Gasteiger partial charge >= 0.3 is 0 Å². The van der Waals surface area contributed by atoms with Gasteiger partial charge in [-0.25, -0.2) is 0 Å². The predicted molar refractivity (Wildman–Crippen MR) is 117 cm³/mol. The monoisotopic (exact) mass is 388 g/mol. The van der Waals surface area contributed by atoms with Gasteiger partial charge in [0.1, 0.15) is 32.2 Å². The quantitative estimate of drug-likeness (QED) is 0.565. The van der Waals surface area contributed by atoms with Crippen molar-refractivity contribution in [3.63, 3.8) is 0 Å². The number of nitrogens with one attached hydrogen (secondary N) is 2. The van der Waals surface area contributed by atoms with Crippen LogP contribution in [0.2, 0.25) is 0 Å². The van der Waals surface area contributed by atoms with Gasteiger partial charge in [0.25, 0.3) is 0 Å². The highest BCUT2D eigenvalue weighted by molar-refractivity contribution is 5.29. The first kappa shape index (κ1) is 19.8. The van der Waals surface area contributed by atoms with Crippen molar-refractivity contribution < 1.29 is 14.9 Å². The minimum absolute atomic E-state index is 0.351. The highest BCUT2D eigenvalue weighted by Gasteiger charge is 2.31. The molecule has 4 rings (SSSR count). The molecule has 3 N–H and O–H groups in total. The van der Waals surface area contributed by atoms with E-state index >= 15 is 0 Å². The third-order valence-electron chi connectivity index (χ3n) is 6.23. The lowest BCUT2D eigenvalue weighted by atomic mass is 9.96. The number of quaternary nitrogens is 2. The van der Waals surface area contributed by atoms with Crippen molar-refractivity contribution in [1.29, 1.82) is 0 Å². The number of piperazine rings is 1. The Morgan fingerprint density at radius 3 is 1.55 bits per heavy atom. The molecule has 0 bridgehead atoms. The van der Waals surface area contributed by atoms with Gasteiger partial charge < -0.3 is 14.9 Å². The third kappa shape index (κ3) is 5.13. The van der Waals surface area contributed by atoms with Crippen LogP contribution in [-0.2, 0) is 0 Å². The Balaban J connectivity index is 1.37. The van der Waals surface area contributed by atoms with E-state index in [-0.39, 0.29) is 6.10 Å². The van der Waals surface area contributed by atoms with Crippen LogP contribution < -0.4 is 9.80 Å². The minimum Gasteiger partial charge on any atom is -0.388 e. The van der Waals surface area contributed by atoms with E-state index in [2.05, 4.69) is 60.7 Å². The standard InChI is InChI=1S/C26H30N2O/c29-25(22-10-4-1-5-11-22)16-17-27-18-20-28(21-19-27)26(23-12-6-2-7-13-23)24-14-8-3-9-15-24/h1-15,25-26,29H,16-21H2/p+2/t25-/m0/s1. The maximum absolute atomic E-state index is 10.5. The van der Waals surface area contributed by atoms with Crippen molar-refractivity contribution in [3.05, 3.63) is 108 Å². The van der Waals surface area contributed by atoms with E-state index in [9.17, 15) is 5.11 Å². The summed E-state index contributed by atoms with van der Waals surface area (Å²) in [6, 6.07) is 32.3. The van der Waals surface area contributed by atoms with Crippen molar-refractivity contribution >= 4 is 0 Å². The van der Waals surface area contributed by atoms with Gasteiger partial charge in [-0.3, -0.25) is 0 Å². The van der Waals surface area contributed by atoms with Crippen molar-refractivity contribution in [3.8, 4) is 0 Å². The molecule has 3 aromatic rings. The van der Waals surface area contributed by atoms with Gasteiger partial charge in [-0.1, -0.05) is 91.0 Å². The molecule has 150 valence electrons. The lowest BCUT2D eigenvalue weighted by Gasteiger charge is -2.35. The summed E-state index contributed by atoms with van der Waals surface area (Å²) in [4.78, 5) is 3.26. The zero-order valence-electron chi connectivity index (χ0n) is 17.0. The summed E-state index contributed by atoms with van der Waals surface area (Å²) >= 11 is 0. The second-order valence-electron chi connectivity index (χ2n) is 8.13. The van der Waals surface area contributed by atoms with Crippen molar-refractivity contribution in [2.45, 2.75) is 18.6 Å². The Kier molecular flexibility index (Phi) is 6.73. The molecule has 3 aromatic carbocycles. The van der Waals surface area contributed by atoms with Gasteiger partial charge in [-0.15, -0.1) is 0 Å². The summed E-state index contributed by atoms with van der Waals surface area (Å²) in [5, 5.41) is 10.5. The molecule has 0 spiro atoms. The fraction of sp³-hybridized carbons (Fsp3) is 0.308. The van der Waals surface area contributed by atoms with Gasteiger partial charge in [0.05, 0.1) is 12.6 Å². The van der Waals surface area contributed by atoms with E-state index < -0.39 is 0 Å². The van der Waals surface area contributed by atoms with Gasteiger partial charge in [0.2, 0.25) is 0 Å². The molecule has 0 radical (unpaired) electrons. The first-order chi connectivity index (χ1) is 14.3. The molecule has 0 aromatic heterocycles. The molecule has 0 unspecified atom stereocenters. The molecule has 1 fully saturated rings. The number of aliphatic hydroxyl groups is 1. The minimum atomic E-state index is -0.351. The summed E-state index contributed by atoms with van der Waals surface area (Å²) in [5.74, 6) is 0. The van der Waals surface area contributed by atoms with Gasteiger partial charge in [-0.2, -0.15) is 0 Å². The number of benzene rings is 3. The maximum Gasteiger partial charge on any atom is 0.139 e. The van der Waals surface area contributed by atoms with Crippen LogP contribution in [0.15, 0.2) is 91.0 Å². The van der Waals surface area contributed by atoms with Gasteiger partial charge in [0, 0.05) is 17.5 Å². The Bertz CT molecular complexity index is 806. The van der Waals surface area contributed by atoms with E-state index in [0.29, 0.717) is 6.04 Å². The third-order valence-corrected chi connectivity index (χ3v) is 6.23. The first-order valence-electron chi connectivity index (χ1n) is 10.8. The first-order valence-corrected chi connectivity index (χ1v) is 10.8. The lowest BCUT2D eigenvalue weighted by Crippen LogP contribution is -3.28. The molecule has 0 aliphatic carbocycles. The molecule has 3 nitrogen and oxygen atoms in total. The molecule has 0 amide bonds. The fourth-order valence-electron chi connectivity index (χ4n) is 4.60. The normalized spacial score (nSPS) is 20.5. The molecular formula is C26H32N2O+2. The molecule has 1 aliphatic rings. The molecule has 1 heterocycles. The van der Waals surface area contributed by atoms with Crippen LogP contribution in [0.1, 0.15) is 35.3 Å². The second-order valence-corrected chi connectivity index (χ2v) is 8.13. The molecule has 1 atom stereocenters. The predicted octanol–water partition coefficient (Wildman–Crippen LogP) is 1.68. The Labute approximate surface area is 174 Å². The molecule has 1 saturated heterocycles. The average molecular weight is 389 g/mol. The smallest absolute Gasteiger partial charge is 0.139 e. The molecule has 1 aliphatic heterocycles. The summed E-state index contributed by atoms with van der Waals surface area (Å²) in [6.45, 7) is 5.67. The van der Waals surface area contributed by atoms with Crippen LogP contribution in [-0.4, -0.2) is 37.8 Å². The Hall–Kier alpha value is -2.46. The summed E-state index contributed by atoms with van der Waals surface area (Å²) in [7, 11) is 0. The van der Waals surface area contributed by atoms with Gasteiger partial charge in [0.15, 0.2) is 0 Å². The molecule has 29 heavy (non-hydrogen) atoms. The number of hydrogen-bond donors (Lipinski definition) is 3. The van der Waals surface area contributed by atoms with Crippen molar-refractivity contribution in [2.24, 2.45) is 0 Å². The molecule has 3 heteroatoms. The average Bonchev–Trinajstić information content (AvgIpc) is 2.80. The zero-order valence-corrected chi connectivity index (χ0v) is 17.0. The topological polar surface area (TPSA) is 29.1 Å². The van der Waals surface area contributed by atoms with Crippen LogP contribution in [0.5, 0.6) is 0 Å². The summed E-state index contributed by atoms with van der Waals surface area (Å²) in [6.07, 6.45) is 0.477. The van der Waals surface area contributed by atoms with Crippen LogP contribution in [0.3, 0.4) is 0 Å². The van der Waals surface area contributed by atoms with Gasteiger partial charge in [-0.05, 0) is 5.56 Å².